The summed E-state index contributed by atoms with van der Waals surface area (Å²) in [4.78, 5) is 11.2. The number of H-pyrrole nitrogens is 1. The fourth-order valence-electron chi connectivity index (χ4n) is 4.62. The topological polar surface area (TPSA) is 95.2 Å². The lowest BCUT2D eigenvalue weighted by Gasteiger charge is -2.26. The highest BCUT2D eigenvalue weighted by molar-refractivity contribution is 5.73. The Labute approximate surface area is 198 Å². The molecule has 1 saturated heterocycles. The number of aromatic amines is 1. The molecule has 2 atom stereocenters. The van der Waals surface area contributed by atoms with Crippen LogP contribution < -0.4 is 4.90 Å². The van der Waals surface area contributed by atoms with Crippen LogP contribution >= 0.6 is 0 Å². The number of hydrogen-bond acceptors (Lipinski definition) is 6. The Bertz CT molecular complexity index is 1500. The minimum atomic E-state index is -0.950. The van der Waals surface area contributed by atoms with E-state index in [1.807, 2.05) is 41.3 Å². The number of halogens is 2. The third-order valence-corrected chi connectivity index (χ3v) is 6.34. The predicted octanol–water partition coefficient (Wildman–Crippen LogP) is 4.22. The van der Waals surface area contributed by atoms with E-state index < -0.39 is 17.7 Å². The molecule has 1 fully saturated rings. The van der Waals surface area contributed by atoms with Crippen LogP contribution in [0.5, 0.6) is 0 Å². The Morgan fingerprint density at radius 2 is 1.91 bits per heavy atom. The van der Waals surface area contributed by atoms with Gasteiger partial charge in [-0.1, -0.05) is 30.3 Å². The van der Waals surface area contributed by atoms with Crippen molar-refractivity contribution in [1.82, 2.24) is 29.8 Å². The number of hydrogen-bond donors (Lipinski definition) is 2. The molecule has 35 heavy (non-hydrogen) atoms. The first kappa shape index (κ1) is 21.4. The van der Waals surface area contributed by atoms with Crippen LogP contribution in [0.1, 0.15) is 41.9 Å². The number of anilines is 1. The van der Waals surface area contributed by atoms with Gasteiger partial charge in [0.15, 0.2) is 17.3 Å². The Kier molecular flexibility index (Phi) is 5.22. The minimum Gasteiger partial charge on any atom is -0.380 e. The monoisotopic (exact) mass is 473 g/mol. The van der Waals surface area contributed by atoms with E-state index in [1.54, 1.807) is 16.9 Å². The highest BCUT2D eigenvalue weighted by Crippen LogP contribution is 2.37. The Morgan fingerprint density at radius 3 is 2.77 bits per heavy atom. The average Bonchev–Trinajstić information content (AvgIpc) is 3.64. The largest absolute Gasteiger partial charge is 0.380 e. The standard InChI is InChI=1S/C25H21F2N7O/c26-16-8-9-19(27)17(13-16)20-7-4-11-33(20)21-10-12-34-25(29-21)18(14-28-34)23-30-24(32-31-23)22(35)15-5-2-1-3-6-15/h1-3,5-6,8-10,12-14,20,22,35H,4,7,11H2,(H,30,31,32)/t20-,22+/m1/s1. The summed E-state index contributed by atoms with van der Waals surface area (Å²) in [6, 6.07) is 14.2. The van der Waals surface area contributed by atoms with Crippen molar-refractivity contribution in [1.29, 1.82) is 0 Å². The molecule has 3 aromatic heterocycles. The maximum absolute atomic E-state index is 14.5. The Balaban J connectivity index is 1.35. The van der Waals surface area contributed by atoms with E-state index in [0.29, 0.717) is 52.8 Å². The SMILES string of the molecule is O[C@@H](c1ccccc1)c1nc(-c2cnn3ccc(N4CCC[C@@H]4c4cc(F)ccc4F)nc23)n[nH]1. The van der Waals surface area contributed by atoms with Crippen LogP contribution in [0.2, 0.25) is 0 Å². The van der Waals surface area contributed by atoms with E-state index in [9.17, 15) is 13.9 Å². The predicted molar refractivity (Wildman–Crippen MR) is 125 cm³/mol. The van der Waals surface area contributed by atoms with Crippen molar-refractivity contribution < 1.29 is 13.9 Å². The van der Waals surface area contributed by atoms with Gasteiger partial charge in [-0.05, 0) is 42.7 Å². The zero-order chi connectivity index (χ0) is 23.9. The second-order valence-corrected chi connectivity index (χ2v) is 8.49. The van der Waals surface area contributed by atoms with E-state index in [-0.39, 0.29) is 6.04 Å². The molecule has 0 radical (unpaired) electrons. The molecule has 0 aliphatic carbocycles. The molecule has 5 aromatic rings. The number of benzene rings is 2. The third-order valence-electron chi connectivity index (χ3n) is 6.34. The van der Waals surface area contributed by atoms with Crippen LogP contribution in [0.3, 0.4) is 0 Å². The number of aliphatic hydroxyl groups excluding tert-OH is 1. The average molecular weight is 473 g/mol. The second kappa shape index (κ2) is 8.55. The lowest BCUT2D eigenvalue weighted by Crippen LogP contribution is -2.24. The number of aliphatic hydroxyl groups is 1. The summed E-state index contributed by atoms with van der Waals surface area (Å²) in [5.41, 5.74) is 2.13. The third kappa shape index (κ3) is 3.81. The van der Waals surface area contributed by atoms with Gasteiger partial charge in [-0.3, -0.25) is 5.10 Å². The van der Waals surface area contributed by atoms with Crippen molar-refractivity contribution in [2.45, 2.75) is 25.0 Å². The van der Waals surface area contributed by atoms with Crippen LogP contribution in [0.4, 0.5) is 14.6 Å². The van der Waals surface area contributed by atoms with E-state index in [4.69, 9.17) is 4.98 Å². The first-order chi connectivity index (χ1) is 17.1. The molecule has 176 valence electrons. The van der Waals surface area contributed by atoms with Gasteiger partial charge in [-0.25, -0.2) is 23.3 Å². The zero-order valence-electron chi connectivity index (χ0n) is 18.5. The highest BCUT2D eigenvalue weighted by atomic mass is 19.1. The number of nitrogens with one attached hydrogen (secondary N) is 1. The van der Waals surface area contributed by atoms with Crippen LogP contribution in [-0.4, -0.2) is 41.4 Å². The molecule has 0 bridgehead atoms. The molecule has 0 saturated carbocycles. The van der Waals surface area contributed by atoms with Gasteiger partial charge in [0.1, 0.15) is 23.6 Å². The fraction of sp³-hybridized carbons (Fsp3) is 0.200. The molecule has 1 aliphatic heterocycles. The summed E-state index contributed by atoms with van der Waals surface area (Å²) in [6.07, 6.45) is 3.96. The maximum atomic E-state index is 14.5. The van der Waals surface area contributed by atoms with Crippen LogP contribution in [-0.2, 0) is 0 Å². The highest BCUT2D eigenvalue weighted by Gasteiger charge is 2.30. The maximum Gasteiger partial charge on any atom is 0.186 e. The number of rotatable bonds is 5. The lowest BCUT2D eigenvalue weighted by atomic mass is 10.0. The van der Waals surface area contributed by atoms with E-state index in [2.05, 4.69) is 20.3 Å². The van der Waals surface area contributed by atoms with Crippen LogP contribution in [0.25, 0.3) is 17.0 Å². The van der Waals surface area contributed by atoms with E-state index >= 15 is 0 Å². The van der Waals surface area contributed by atoms with Crippen LogP contribution in [0.15, 0.2) is 67.0 Å². The number of aromatic nitrogens is 6. The Morgan fingerprint density at radius 1 is 1.06 bits per heavy atom. The molecule has 1 aliphatic rings. The van der Waals surface area contributed by atoms with E-state index in [1.165, 1.54) is 6.07 Å². The first-order valence-electron chi connectivity index (χ1n) is 11.3. The van der Waals surface area contributed by atoms with Gasteiger partial charge >= 0.3 is 0 Å². The molecule has 10 heteroatoms. The molecule has 0 unspecified atom stereocenters. The minimum absolute atomic E-state index is 0.308. The summed E-state index contributed by atoms with van der Waals surface area (Å²) in [5, 5.41) is 22.1. The molecular weight excluding hydrogens is 452 g/mol. The lowest BCUT2D eigenvalue weighted by molar-refractivity contribution is 0.210. The van der Waals surface area contributed by atoms with Gasteiger partial charge in [-0.2, -0.15) is 10.2 Å². The van der Waals surface area contributed by atoms with Crippen molar-refractivity contribution in [3.8, 4) is 11.4 Å². The van der Waals surface area contributed by atoms with Crippen molar-refractivity contribution >= 4 is 11.5 Å². The first-order valence-corrected chi connectivity index (χ1v) is 11.3. The van der Waals surface area contributed by atoms with Crippen molar-refractivity contribution in [3.05, 3.63) is 95.6 Å². The molecule has 0 spiro atoms. The quantitative estimate of drug-likeness (QED) is 0.397. The second-order valence-electron chi connectivity index (χ2n) is 8.49. The van der Waals surface area contributed by atoms with Gasteiger partial charge in [0, 0.05) is 18.3 Å². The summed E-state index contributed by atoms with van der Waals surface area (Å²) in [5.74, 6) is 0.393. The summed E-state index contributed by atoms with van der Waals surface area (Å²) in [6.45, 7) is 0.668. The molecular formula is C25H21F2N7O. The zero-order valence-corrected chi connectivity index (χ0v) is 18.5. The van der Waals surface area contributed by atoms with Gasteiger partial charge < -0.3 is 10.0 Å². The number of nitrogens with zero attached hydrogens (tertiary/aromatic N) is 6. The molecule has 8 nitrogen and oxygen atoms in total. The normalized spacial score (nSPS) is 16.8. The summed E-state index contributed by atoms with van der Waals surface area (Å²) >= 11 is 0. The van der Waals surface area contributed by atoms with Crippen LogP contribution in [0, 0.1) is 11.6 Å². The molecule has 2 N–H and O–H groups in total. The van der Waals surface area contributed by atoms with Gasteiger partial charge in [0.05, 0.1) is 17.8 Å². The fourth-order valence-corrected chi connectivity index (χ4v) is 4.62. The van der Waals surface area contributed by atoms with Gasteiger partial charge in [0.2, 0.25) is 0 Å². The van der Waals surface area contributed by atoms with Gasteiger partial charge in [-0.15, -0.1) is 0 Å². The van der Waals surface area contributed by atoms with Gasteiger partial charge in [0.25, 0.3) is 0 Å². The van der Waals surface area contributed by atoms with Crippen molar-refractivity contribution in [3.63, 3.8) is 0 Å². The molecule has 2 aromatic carbocycles. The Hall–Kier alpha value is -4.18. The van der Waals surface area contributed by atoms with Crippen molar-refractivity contribution in [2.24, 2.45) is 0 Å². The van der Waals surface area contributed by atoms with Crippen molar-refractivity contribution in [2.75, 3.05) is 11.4 Å². The molecule has 6 rings (SSSR count). The smallest absolute Gasteiger partial charge is 0.186 e. The molecule has 0 amide bonds. The molecule has 4 heterocycles. The van der Waals surface area contributed by atoms with E-state index in [0.717, 1.165) is 18.6 Å². The summed E-state index contributed by atoms with van der Waals surface area (Å²) in [7, 11) is 0. The summed E-state index contributed by atoms with van der Waals surface area (Å²) < 4.78 is 30.0. The number of fused-ring (bicyclic) bond motifs is 1.